The van der Waals surface area contributed by atoms with E-state index < -0.39 is 32.1 Å². The molecule has 2 aromatic heterocycles. The van der Waals surface area contributed by atoms with Gasteiger partial charge in [-0.15, -0.1) is 0 Å². The van der Waals surface area contributed by atoms with Crippen LogP contribution in [0.3, 0.4) is 0 Å². The Bertz CT molecular complexity index is 960. The summed E-state index contributed by atoms with van der Waals surface area (Å²) in [6.07, 6.45) is 0.965. The summed E-state index contributed by atoms with van der Waals surface area (Å²) < 4.78 is 25.5. The lowest BCUT2D eigenvalue weighted by molar-refractivity contribution is -0.0513. The van der Waals surface area contributed by atoms with Gasteiger partial charge in [0.05, 0.1) is 24.8 Å². The molecule has 0 spiro atoms. The van der Waals surface area contributed by atoms with Crippen LogP contribution in [0, 0.1) is 10.6 Å². The van der Waals surface area contributed by atoms with Crippen LogP contribution in [0.15, 0.2) is 30.9 Å². The number of ether oxygens (including phenoxy) is 1. The number of aryl methyl sites for hydroxylation is 1. The summed E-state index contributed by atoms with van der Waals surface area (Å²) in [6, 6.07) is 3.20. The highest BCUT2D eigenvalue weighted by molar-refractivity contribution is 14.1. The van der Waals surface area contributed by atoms with E-state index >= 15 is 0 Å². The van der Waals surface area contributed by atoms with Gasteiger partial charge in [-0.25, -0.2) is 4.98 Å². The van der Waals surface area contributed by atoms with E-state index in [1.54, 1.807) is 16.7 Å². The van der Waals surface area contributed by atoms with Crippen molar-refractivity contribution in [3.8, 4) is 0 Å². The average Bonchev–Trinajstić information content (AvgIpc) is 3.25. The standard InChI is InChI=1S/C19H26IN4O7P/c1-12-17(20)24(11-23-12)19-16(26)15(25)14(31-19)10-30-32(28,29)9-3-2-6-22-18(27)13-4-7-21-8-5-13/h4-5,7-8,11,14-16,19,25-26H,2-3,6,9-10H2,1H3,(H,22,27)(H,28,29)/t14-,15+,16?,19?/m1/s1. The van der Waals surface area contributed by atoms with Crippen LogP contribution < -0.4 is 5.32 Å². The third-order valence-electron chi connectivity index (χ3n) is 5.05. The zero-order valence-corrected chi connectivity index (χ0v) is 20.4. The van der Waals surface area contributed by atoms with Crippen molar-refractivity contribution < 1.29 is 33.7 Å². The molecule has 2 aromatic rings. The molecule has 1 aliphatic heterocycles. The smallest absolute Gasteiger partial charge is 0.328 e. The van der Waals surface area contributed by atoms with E-state index in [4.69, 9.17) is 9.26 Å². The number of unbranched alkanes of at least 4 members (excludes halogenated alkanes) is 1. The number of nitrogens with one attached hydrogen (secondary N) is 1. The Morgan fingerprint density at radius 3 is 2.69 bits per heavy atom. The summed E-state index contributed by atoms with van der Waals surface area (Å²) >= 11 is 2.06. The lowest BCUT2D eigenvalue weighted by atomic mass is 10.1. The van der Waals surface area contributed by atoms with E-state index in [-0.39, 0.29) is 18.7 Å². The highest BCUT2D eigenvalue weighted by atomic mass is 127. The molecule has 3 rings (SSSR count). The maximum atomic E-state index is 12.3. The molecule has 1 aliphatic rings. The molecule has 176 valence electrons. The van der Waals surface area contributed by atoms with Crippen LogP contribution >= 0.6 is 30.2 Å². The predicted octanol–water partition coefficient (Wildman–Crippen LogP) is 1.22. The number of rotatable bonds is 10. The van der Waals surface area contributed by atoms with Crippen molar-refractivity contribution in [2.75, 3.05) is 19.3 Å². The van der Waals surface area contributed by atoms with E-state index in [0.29, 0.717) is 24.9 Å². The molecule has 5 atom stereocenters. The predicted molar refractivity (Wildman–Crippen MR) is 122 cm³/mol. The summed E-state index contributed by atoms with van der Waals surface area (Å²) in [5.41, 5.74) is 1.25. The van der Waals surface area contributed by atoms with E-state index in [1.165, 1.54) is 18.7 Å². The monoisotopic (exact) mass is 580 g/mol. The molecule has 1 saturated heterocycles. The van der Waals surface area contributed by atoms with Crippen LogP contribution in [-0.4, -0.2) is 73.2 Å². The number of hydrogen-bond donors (Lipinski definition) is 4. The molecule has 4 N–H and O–H groups in total. The number of amides is 1. The van der Waals surface area contributed by atoms with Crippen LogP contribution in [0.1, 0.15) is 35.1 Å². The third kappa shape index (κ3) is 6.34. The minimum atomic E-state index is -3.92. The van der Waals surface area contributed by atoms with Gasteiger partial charge in [0, 0.05) is 24.5 Å². The molecule has 13 heteroatoms. The zero-order chi connectivity index (χ0) is 23.3. The first-order valence-corrected chi connectivity index (χ1v) is 12.9. The van der Waals surface area contributed by atoms with Crippen molar-refractivity contribution >= 4 is 36.1 Å². The minimum absolute atomic E-state index is 0.106. The highest BCUT2D eigenvalue weighted by Gasteiger charge is 2.45. The number of pyridine rings is 1. The fourth-order valence-corrected chi connectivity index (χ4v) is 4.88. The third-order valence-corrected chi connectivity index (χ3v) is 7.82. The maximum Gasteiger partial charge on any atom is 0.328 e. The minimum Gasteiger partial charge on any atom is -0.387 e. The molecule has 0 radical (unpaired) electrons. The number of aliphatic hydroxyl groups excluding tert-OH is 2. The molecule has 0 aromatic carbocycles. The molecular formula is C19H26IN4O7P. The van der Waals surface area contributed by atoms with Gasteiger partial charge in [-0.1, -0.05) is 0 Å². The topological polar surface area (TPSA) is 156 Å². The summed E-state index contributed by atoms with van der Waals surface area (Å²) in [5, 5.41) is 23.3. The first-order valence-electron chi connectivity index (χ1n) is 10.0. The number of halogens is 1. The Hall–Kier alpha value is -1.41. The van der Waals surface area contributed by atoms with Crippen molar-refractivity contribution in [1.29, 1.82) is 0 Å². The largest absolute Gasteiger partial charge is 0.387 e. The van der Waals surface area contributed by atoms with E-state index in [1.807, 2.05) is 6.92 Å². The van der Waals surface area contributed by atoms with E-state index in [9.17, 15) is 24.5 Å². The number of carbonyl (C=O) groups excluding carboxylic acids is 1. The van der Waals surface area contributed by atoms with Crippen LogP contribution in [0.25, 0.3) is 0 Å². The highest BCUT2D eigenvalue weighted by Crippen LogP contribution is 2.44. The average molecular weight is 580 g/mol. The van der Waals surface area contributed by atoms with Crippen molar-refractivity contribution in [1.82, 2.24) is 19.9 Å². The van der Waals surface area contributed by atoms with Gasteiger partial charge in [0.2, 0.25) is 0 Å². The molecule has 11 nitrogen and oxygen atoms in total. The lowest BCUT2D eigenvalue weighted by Crippen LogP contribution is -2.33. The molecule has 0 saturated carbocycles. The normalized spacial score (nSPS) is 24.9. The number of imidazole rings is 1. The summed E-state index contributed by atoms with van der Waals surface area (Å²) in [4.78, 5) is 30.0. The number of hydrogen-bond acceptors (Lipinski definition) is 8. The Labute approximate surface area is 198 Å². The molecular weight excluding hydrogens is 554 g/mol. The van der Waals surface area contributed by atoms with Gasteiger partial charge in [0.25, 0.3) is 5.91 Å². The van der Waals surface area contributed by atoms with Gasteiger partial charge in [-0.05, 0) is 54.5 Å². The van der Waals surface area contributed by atoms with Crippen LogP contribution in [0.5, 0.6) is 0 Å². The summed E-state index contributed by atoms with van der Waals surface area (Å²) in [6.45, 7) is 1.82. The van der Waals surface area contributed by atoms with Crippen molar-refractivity contribution in [3.05, 3.63) is 45.8 Å². The summed E-state index contributed by atoms with van der Waals surface area (Å²) in [5.74, 6) is -0.237. The molecule has 32 heavy (non-hydrogen) atoms. The van der Waals surface area contributed by atoms with Crippen LogP contribution in [0.4, 0.5) is 0 Å². The van der Waals surface area contributed by atoms with E-state index in [2.05, 4.69) is 37.9 Å². The number of aromatic nitrogens is 3. The molecule has 3 unspecified atom stereocenters. The number of nitrogens with zero attached hydrogens (tertiary/aromatic N) is 3. The van der Waals surface area contributed by atoms with Crippen LogP contribution in [-0.2, 0) is 13.8 Å². The molecule has 0 aliphatic carbocycles. The Kier molecular flexibility index (Phi) is 8.78. The fraction of sp³-hybridized carbons (Fsp3) is 0.526. The van der Waals surface area contributed by atoms with Crippen molar-refractivity contribution in [3.63, 3.8) is 0 Å². The van der Waals surface area contributed by atoms with Gasteiger partial charge in [0.15, 0.2) is 6.23 Å². The number of aliphatic hydroxyl groups is 2. The molecule has 0 bridgehead atoms. The first-order chi connectivity index (χ1) is 15.2. The van der Waals surface area contributed by atoms with Gasteiger partial charge < -0.3 is 29.7 Å². The zero-order valence-electron chi connectivity index (χ0n) is 17.4. The molecule has 1 amide bonds. The van der Waals surface area contributed by atoms with Gasteiger partial charge >= 0.3 is 7.60 Å². The second-order valence-corrected chi connectivity index (χ2v) is 10.4. The van der Waals surface area contributed by atoms with Crippen LogP contribution in [0.2, 0.25) is 0 Å². The Morgan fingerprint density at radius 2 is 2.03 bits per heavy atom. The maximum absolute atomic E-state index is 12.3. The Morgan fingerprint density at radius 1 is 1.31 bits per heavy atom. The van der Waals surface area contributed by atoms with Crippen molar-refractivity contribution in [2.24, 2.45) is 0 Å². The van der Waals surface area contributed by atoms with Gasteiger partial charge in [-0.2, -0.15) is 0 Å². The fourth-order valence-electron chi connectivity index (χ4n) is 3.21. The van der Waals surface area contributed by atoms with Gasteiger partial charge in [0.1, 0.15) is 22.0 Å². The second kappa shape index (κ2) is 11.1. The molecule has 3 heterocycles. The first kappa shape index (κ1) is 25.2. The second-order valence-electron chi connectivity index (χ2n) is 7.43. The number of carbonyl (C=O) groups is 1. The summed E-state index contributed by atoms with van der Waals surface area (Å²) in [7, 11) is -3.92. The van der Waals surface area contributed by atoms with Crippen molar-refractivity contribution in [2.45, 2.75) is 44.3 Å². The lowest BCUT2D eigenvalue weighted by Gasteiger charge is -2.18. The Balaban J connectivity index is 1.40. The quantitative estimate of drug-likeness (QED) is 0.184. The molecule has 1 fully saturated rings. The SMILES string of the molecule is Cc1ncn(C2O[C@H](COP(=O)(O)CCCCNC(=O)c3ccncc3)[C@H](O)C2O)c1I. The van der Waals surface area contributed by atoms with Gasteiger partial charge in [-0.3, -0.25) is 18.9 Å². The van der Waals surface area contributed by atoms with E-state index in [0.717, 1.165) is 9.39 Å².